The van der Waals surface area contributed by atoms with Crippen LogP contribution in [0.5, 0.6) is 0 Å². The van der Waals surface area contributed by atoms with Crippen molar-refractivity contribution < 1.29 is 0 Å². The van der Waals surface area contributed by atoms with Crippen LogP contribution in [0.1, 0.15) is 34.1 Å². The lowest BCUT2D eigenvalue weighted by Gasteiger charge is -2.25. The molecule has 3 heteroatoms. The van der Waals surface area contributed by atoms with Gasteiger partial charge in [-0.2, -0.15) is 17.0 Å². The van der Waals surface area contributed by atoms with E-state index >= 15 is 0 Å². The first-order chi connectivity index (χ1) is 6.08. The van der Waals surface area contributed by atoms with Gasteiger partial charge in [0.2, 0.25) is 0 Å². The van der Waals surface area contributed by atoms with Gasteiger partial charge in [0.15, 0.2) is 0 Å². The average Bonchev–Trinajstić information content (AvgIpc) is 2.05. The molecule has 0 aromatic rings. The molecule has 1 N–H and O–H groups in total. The zero-order valence-corrected chi connectivity index (χ0v) is 9.87. The maximum absolute atomic E-state index is 9.01. The predicted octanol–water partition coefficient (Wildman–Crippen LogP) is 2.41. The summed E-state index contributed by atoms with van der Waals surface area (Å²) in [5.41, 5.74) is -0.351. The number of nitrogens with zero attached hydrogens (tertiary/aromatic N) is 1. The third-order valence-electron chi connectivity index (χ3n) is 1.96. The Morgan fingerprint density at radius 3 is 2.54 bits per heavy atom. The van der Waals surface area contributed by atoms with Crippen molar-refractivity contribution in [3.05, 3.63) is 0 Å². The first-order valence-electron chi connectivity index (χ1n) is 4.85. The summed E-state index contributed by atoms with van der Waals surface area (Å²) in [7, 11) is 0. The normalized spacial score (nSPS) is 17.5. The van der Waals surface area contributed by atoms with Gasteiger partial charge >= 0.3 is 0 Å². The number of hydrogen-bond donors (Lipinski definition) is 1. The highest BCUT2D eigenvalue weighted by Gasteiger charge is 2.24. The lowest BCUT2D eigenvalue weighted by atomic mass is 9.98. The molecule has 0 spiro atoms. The van der Waals surface area contributed by atoms with E-state index in [9.17, 15) is 0 Å². The summed E-state index contributed by atoms with van der Waals surface area (Å²) in [5.74, 6) is 1.12. The van der Waals surface area contributed by atoms with Crippen molar-refractivity contribution in [3.63, 3.8) is 0 Å². The van der Waals surface area contributed by atoms with Crippen LogP contribution in [0.25, 0.3) is 0 Å². The van der Waals surface area contributed by atoms with Crippen LogP contribution in [-0.2, 0) is 0 Å². The Labute approximate surface area is 86.1 Å². The van der Waals surface area contributed by atoms with Gasteiger partial charge in [-0.3, -0.25) is 5.32 Å². The van der Waals surface area contributed by atoms with Crippen molar-refractivity contribution in [1.82, 2.24) is 5.32 Å². The molecule has 0 aliphatic carbocycles. The van der Waals surface area contributed by atoms with Crippen molar-refractivity contribution in [1.29, 1.82) is 5.26 Å². The summed E-state index contributed by atoms with van der Waals surface area (Å²) < 4.78 is 0. The molecule has 0 amide bonds. The lowest BCUT2D eigenvalue weighted by Crippen LogP contribution is -2.42. The SMILES string of the molecule is CCNC(C)(C#N)CC(C)SCC. The number of rotatable bonds is 6. The van der Waals surface area contributed by atoms with Crippen LogP contribution in [0.2, 0.25) is 0 Å². The molecule has 0 rings (SSSR count). The van der Waals surface area contributed by atoms with E-state index in [4.69, 9.17) is 5.26 Å². The number of nitriles is 1. The van der Waals surface area contributed by atoms with E-state index in [2.05, 4.69) is 25.2 Å². The molecule has 2 atom stereocenters. The Morgan fingerprint density at radius 2 is 2.15 bits per heavy atom. The van der Waals surface area contributed by atoms with E-state index in [-0.39, 0.29) is 5.54 Å². The van der Waals surface area contributed by atoms with Crippen molar-refractivity contribution in [2.45, 2.75) is 44.9 Å². The van der Waals surface area contributed by atoms with Crippen molar-refractivity contribution >= 4 is 11.8 Å². The molecule has 2 nitrogen and oxygen atoms in total. The van der Waals surface area contributed by atoms with Gasteiger partial charge in [-0.25, -0.2) is 0 Å². The minimum absolute atomic E-state index is 0.351. The van der Waals surface area contributed by atoms with Gasteiger partial charge in [0, 0.05) is 5.25 Å². The third kappa shape index (κ3) is 5.17. The van der Waals surface area contributed by atoms with E-state index in [0.29, 0.717) is 5.25 Å². The fourth-order valence-electron chi connectivity index (χ4n) is 1.47. The molecule has 0 aromatic carbocycles. The first-order valence-corrected chi connectivity index (χ1v) is 5.90. The van der Waals surface area contributed by atoms with Gasteiger partial charge in [-0.05, 0) is 25.6 Å². The molecule has 0 aromatic heterocycles. The van der Waals surface area contributed by atoms with E-state index in [1.807, 2.05) is 25.6 Å². The zero-order chi connectivity index (χ0) is 10.3. The average molecular weight is 200 g/mol. The number of thioether (sulfide) groups is 1. The quantitative estimate of drug-likeness (QED) is 0.715. The summed E-state index contributed by atoms with van der Waals surface area (Å²) >= 11 is 1.91. The fraction of sp³-hybridized carbons (Fsp3) is 0.900. The Hall–Kier alpha value is -0.200. The first kappa shape index (κ1) is 12.8. The molecular weight excluding hydrogens is 180 g/mol. The van der Waals surface area contributed by atoms with Gasteiger partial charge in [-0.1, -0.05) is 20.8 Å². The summed E-state index contributed by atoms with van der Waals surface area (Å²) in [4.78, 5) is 0. The molecule has 2 unspecified atom stereocenters. The summed E-state index contributed by atoms with van der Waals surface area (Å²) in [6, 6.07) is 2.34. The molecule has 0 saturated carbocycles. The van der Waals surface area contributed by atoms with Crippen LogP contribution in [-0.4, -0.2) is 23.1 Å². The largest absolute Gasteiger partial charge is 0.300 e. The van der Waals surface area contributed by atoms with Crippen LogP contribution in [0.4, 0.5) is 0 Å². The van der Waals surface area contributed by atoms with Crippen molar-refractivity contribution in [3.8, 4) is 6.07 Å². The third-order valence-corrected chi connectivity index (χ3v) is 3.03. The highest BCUT2D eigenvalue weighted by atomic mass is 32.2. The van der Waals surface area contributed by atoms with Crippen molar-refractivity contribution in [2.75, 3.05) is 12.3 Å². The lowest BCUT2D eigenvalue weighted by molar-refractivity contribution is 0.429. The van der Waals surface area contributed by atoms with Gasteiger partial charge in [0.05, 0.1) is 6.07 Å². The smallest absolute Gasteiger partial charge is 0.104 e. The van der Waals surface area contributed by atoms with Gasteiger partial charge in [-0.15, -0.1) is 0 Å². The molecule has 0 radical (unpaired) electrons. The van der Waals surface area contributed by atoms with Crippen LogP contribution in [0.3, 0.4) is 0 Å². The predicted molar refractivity (Wildman–Crippen MR) is 59.9 cm³/mol. The van der Waals surface area contributed by atoms with Crippen LogP contribution < -0.4 is 5.32 Å². The summed E-state index contributed by atoms with van der Waals surface area (Å²) in [6.07, 6.45) is 0.913. The Kier molecular flexibility index (Phi) is 6.19. The maximum Gasteiger partial charge on any atom is 0.104 e. The molecule has 76 valence electrons. The number of hydrogen-bond acceptors (Lipinski definition) is 3. The molecule has 0 bridgehead atoms. The second-order valence-electron chi connectivity index (χ2n) is 3.44. The highest BCUT2D eigenvalue weighted by molar-refractivity contribution is 7.99. The topological polar surface area (TPSA) is 35.8 Å². The zero-order valence-electron chi connectivity index (χ0n) is 9.05. The highest BCUT2D eigenvalue weighted by Crippen LogP contribution is 2.20. The van der Waals surface area contributed by atoms with E-state index in [1.165, 1.54) is 0 Å². The molecule has 0 fully saturated rings. The standard InChI is InChI=1S/C10H20N2S/c1-5-12-10(4,8-11)7-9(3)13-6-2/h9,12H,5-7H2,1-4H3. The molecule has 0 saturated heterocycles. The monoisotopic (exact) mass is 200 g/mol. The Balaban J connectivity index is 4.04. The molecule has 0 aliphatic rings. The van der Waals surface area contributed by atoms with E-state index in [0.717, 1.165) is 18.7 Å². The second-order valence-corrected chi connectivity index (χ2v) is 5.16. The Morgan fingerprint density at radius 1 is 1.54 bits per heavy atom. The van der Waals surface area contributed by atoms with Crippen molar-refractivity contribution in [2.24, 2.45) is 0 Å². The molecule has 0 aliphatic heterocycles. The van der Waals surface area contributed by atoms with Crippen LogP contribution in [0, 0.1) is 11.3 Å². The van der Waals surface area contributed by atoms with Gasteiger partial charge in [0.25, 0.3) is 0 Å². The minimum Gasteiger partial charge on any atom is -0.300 e. The minimum atomic E-state index is -0.351. The molecule has 13 heavy (non-hydrogen) atoms. The van der Waals surface area contributed by atoms with E-state index in [1.54, 1.807) is 0 Å². The van der Waals surface area contributed by atoms with E-state index < -0.39 is 0 Å². The molecule has 0 heterocycles. The van der Waals surface area contributed by atoms with Gasteiger partial charge < -0.3 is 0 Å². The molecular formula is C10H20N2S. The fourth-order valence-corrected chi connectivity index (χ4v) is 2.49. The summed E-state index contributed by atoms with van der Waals surface area (Å²) in [6.45, 7) is 9.20. The van der Waals surface area contributed by atoms with Gasteiger partial charge in [0.1, 0.15) is 5.54 Å². The second kappa shape index (κ2) is 6.28. The van der Waals surface area contributed by atoms with Crippen LogP contribution >= 0.6 is 11.8 Å². The Bertz CT molecular complexity index is 176. The maximum atomic E-state index is 9.01. The van der Waals surface area contributed by atoms with Crippen LogP contribution in [0.15, 0.2) is 0 Å². The number of nitrogens with one attached hydrogen (secondary N) is 1. The summed E-state index contributed by atoms with van der Waals surface area (Å²) in [5, 5.41) is 12.8.